The third-order valence-corrected chi connectivity index (χ3v) is 3.75. The molecule has 1 saturated heterocycles. The van der Waals surface area contributed by atoms with Crippen molar-refractivity contribution in [3.05, 3.63) is 0 Å². The average molecular weight is 242 g/mol. The Bertz CT molecular complexity index is 242. The fourth-order valence-corrected chi connectivity index (χ4v) is 2.56. The summed E-state index contributed by atoms with van der Waals surface area (Å²) in [4.78, 5) is 13.8. The number of likely N-dealkylation sites (tertiary alicyclic amines) is 1. The minimum Gasteiger partial charge on any atom is -0.391 e. The van der Waals surface area contributed by atoms with Crippen LogP contribution in [-0.2, 0) is 4.79 Å². The van der Waals surface area contributed by atoms with E-state index < -0.39 is 0 Å². The van der Waals surface area contributed by atoms with E-state index in [1.54, 1.807) is 4.90 Å². The second-order valence-electron chi connectivity index (χ2n) is 4.83. The molecular formula is C13H26N2O2. The number of carbonyl (C=O) groups is 1. The Hall–Kier alpha value is -0.610. The Morgan fingerprint density at radius 3 is 2.59 bits per heavy atom. The van der Waals surface area contributed by atoms with Crippen LogP contribution in [0.5, 0.6) is 0 Å². The Balaban J connectivity index is 2.45. The first kappa shape index (κ1) is 14.5. The molecule has 0 aromatic carbocycles. The molecule has 0 spiro atoms. The Morgan fingerprint density at radius 2 is 2.06 bits per heavy atom. The molecule has 0 bridgehead atoms. The van der Waals surface area contributed by atoms with E-state index in [1.165, 1.54) is 0 Å². The van der Waals surface area contributed by atoms with E-state index in [4.69, 9.17) is 0 Å². The quantitative estimate of drug-likeness (QED) is 0.700. The van der Waals surface area contributed by atoms with Gasteiger partial charge in [-0.25, -0.2) is 0 Å². The Labute approximate surface area is 104 Å². The summed E-state index contributed by atoms with van der Waals surface area (Å²) < 4.78 is 0. The molecular weight excluding hydrogens is 216 g/mol. The highest BCUT2D eigenvalue weighted by molar-refractivity contribution is 5.84. The molecule has 4 heteroatoms. The van der Waals surface area contributed by atoms with Crippen LogP contribution < -0.4 is 5.32 Å². The fraction of sp³-hybridized carbons (Fsp3) is 0.923. The van der Waals surface area contributed by atoms with E-state index in [1.807, 2.05) is 6.92 Å². The molecule has 1 aliphatic heterocycles. The number of carbonyl (C=O) groups excluding carboxylic acids is 1. The maximum absolute atomic E-state index is 12.0. The number of amides is 1. The van der Waals surface area contributed by atoms with Crippen LogP contribution in [0.25, 0.3) is 0 Å². The summed E-state index contributed by atoms with van der Waals surface area (Å²) in [7, 11) is 0. The van der Waals surface area contributed by atoms with Crippen molar-refractivity contribution < 1.29 is 9.90 Å². The molecule has 1 fully saturated rings. The zero-order valence-electron chi connectivity index (χ0n) is 11.3. The van der Waals surface area contributed by atoms with E-state index in [0.29, 0.717) is 12.5 Å². The van der Waals surface area contributed by atoms with Gasteiger partial charge in [0.2, 0.25) is 5.91 Å². The van der Waals surface area contributed by atoms with Gasteiger partial charge in [0, 0.05) is 13.1 Å². The number of β-amino-alcohol motifs (C(OH)–C–C–N with tert-alkyl or cyclic N) is 1. The van der Waals surface area contributed by atoms with Crippen molar-refractivity contribution in [1.29, 1.82) is 0 Å². The van der Waals surface area contributed by atoms with Crippen LogP contribution in [0.15, 0.2) is 0 Å². The van der Waals surface area contributed by atoms with Gasteiger partial charge < -0.3 is 15.3 Å². The molecule has 17 heavy (non-hydrogen) atoms. The first-order valence-electron chi connectivity index (χ1n) is 6.84. The number of hydrogen-bond acceptors (Lipinski definition) is 3. The lowest BCUT2D eigenvalue weighted by Crippen LogP contribution is -2.42. The summed E-state index contributed by atoms with van der Waals surface area (Å²) >= 11 is 0. The molecule has 0 aromatic heterocycles. The van der Waals surface area contributed by atoms with Crippen molar-refractivity contribution >= 4 is 5.91 Å². The van der Waals surface area contributed by atoms with E-state index in [9.17, 15) is 9.90 Å². The van der Waals surface area contributed by atoms with Gasteiger partial charge in [-0.3, -0.25) is 4.79 Å². The number of hydrogen-bond donors (Lipinski definition) is 2. The normalized spacial score (nSPS) is 22.5. The van der Waals surface area contributed by atoms with Crippen LogP contribution in [0.2, 0.25) is 0 Å². The smallest absolute Gasteiger partial charge is 0.239 e. The highest BCUT2D eigenvalue weighted by atomic mass is 16.3. The number of nitrogens with zero attached hydrogens (tertiary/aromatic N) is 1. The van der Waals surface area contributed by atoms with Crippen molar-refractivity contribution in [2.45, 2.75) is 52.2 Å². The van der Waals surface area contributed by atoms with E-state index in [2.05, 4.69) is 19.2 Å². The molecule has 1 aliphatic rings. The summed E-state index contributed by atoms with van der Waals surface area (Å²) in [5, 5.41) is 13.3. The summed E-state index contributed by atoms with van der Waals surface area (Å²) in [6, 6.07) is -0.0334. The van der Waals surface area contributed by atoms with Crippen molar-refractivity contribution in [2.24, 2.45) is 5.92 Å². The van der Waals surface area contributed by atoms with Crippen molar-refractivity contribution in [3.8, 4) is 0 Å². The first-order chi connectivity index (χ1) is 8.13. The number of likely N-dealkylation sites (N-methyl/N-ethyl adjacent to an activating group) is 1. The third-order valence-electron chi connectivity index (χ3n) is 3.75. The lowest BCUT2D eigenvalue weighted by atomic mass is 9.96. The summed E-state index contributed by atoms with van der Waals surface area (Å²) in [6.07, 6.45) is 2.42. The Morgan fingerprint density at radius 1 is 1.41 bits per heavy atom. The topological polar surface area (TPSA) is 52.6 Å². The molecule has 2 N–H and O–H groups in total. The predicted molar refractivity (Wildman–Crippen MR) is 68.7 cm³/mol. The molecule has 1 amide bonds. The fourth-order valence-electron chi connectivity index (χ4n) is 2.56. The maximum atomic E-state index is 12.0. The second-order valence-corrected chi connectivity index (χ2v) is 4.83. The number of aliphatic hydroxyl groups is 1. The Kier molecular flexibility index (Phi) is 5.92. The van der Waals surface area contributed by atoms with Crippen LogP contribution in [0.3, 0.4) is 0 Å². The first-order valence-corrected chi connectivity index (χ1v) is 6.84. The molecule has 2 atom stereocenters. The predicted octanol–water partition coefficient (Wildman–Crippen LogP) is 0.994. The van der Waals surface area contributed by atoms with Crippen molar-refractivity contribution in [2.75, 3.05) is 19.6 Å². The lowest BCUT2D eigenvalue weighted by Gasteiger charge is -2.25. The number of aliphatic hydroxyl groups excluding tert-OH is 1. The van der Waals surface area contributed by atoms with E-state index in [-0.39, 0.29) is 18.1 Å². The summed E-state index contributed by atoms with van der Waals surface area (Å²) in [5.74, 6) is 0.456. The minimum absolute atomic E-state index is 0.0334. The van der Waals surface area contributed by atoms with Gasteiger partial charge in [0.05, 0.1) is 12.1 Å². The van der Waals surface area contributed by atoms with Gasteiger partial charge >= 0.3 is 0 Å². The van der Waals surface area contributed by atoms with Gasteiger partial charge in [-0.05, 0) is 18.9 Å². The lowest BCUT2D eigenvalue weighted by molar-refractivity contribution is -0.131. The number of nitrogens with one attached hydrogen (secondary N) is 1. The highest BCUT2D eigenvalue weighted by Crippen LogP contribution is 2.17. The highest BCUT2D eigenvalue weighted by Gasteiger charge is 2.32. The van der Waals surface area contributed by atoms with Gasteiger partial charge in [0.25, 0.3) is 0 Å². The second kappa shape index (κ2) is 6.97. The molecule has 0 aliphatic carbocycles. The van der Waals surface area contributed by atoms with Gasteiger partial charge in [-0.2, -0.15) is 0 Å². The minimum atomic E-state index is -0.380. The third kappa shape index (κ3) is 3.68. The van der Waals surface area contributed by atoms with Crippen LogP contribution in [0.1, 0.15) is 40.0 Å². The molecule has 0 aromatic rings. The van der Waals surface area contributed by atoms with E-state index in [0.717, 1.165) is 32.4 Å². The SMILES string of the molecule is CCNC1CCN(CC(O)C(CC)CC)C1=O. The molecule has 100 valence electrons. The van der Waals surface area contributed by atoms with Crippen LogP contribution in [-0.4, -0.2) is 47.7 Å². The molecule has 0 saturated carbocycles. The monoisotopic (exact) mass is 242 g/mol. The van der Waals surface area contributed by atoms with Crippen LogP contribution in [0.4, 0.5) is 0 Å². The van der Waals surface area contributed by atoms with Crippen molar-refractivity contribution in [3.63, 3.8) is 0 Å². The van der Waals surface area contributed by atoms with E-state index >= 15 is 0 Å². The van der Waals surface area contributed by atoms with Gasteiger partial charge in [-0.15, -0.1) is 0 Å². The van der Waals surface area contributed by atoms with Gasteiger partial charge in [0.15, 0.2) is 0 Å². The molecule has 2 unspecified atom stereocenters. The zero-order chi connectivity index (χ0) is 12.8. The summed E-state index contributed by atoms with van der Waals surface area (Å²) in [6.45, 7) is 8.27. The molecule has 0 radical (unpaired) electrons. The molecule has 1 heterocycles. The number of rotatable bonds is 7. The summed E-state index contributed by atoms with van der Waals surface area (Å²) in [5.41, 5.74) is 0. The molecule has 4 nitrogen and oxygen atoms in total. The maximum Gasteiger partial charge on any atom is 0.239 e. The molecule has 1 rings (SSSR count). The largest absolute Gasteiger partial charge is 0.391 e. The van der Waals surface area contributed by atoms with Gasteiger partial charge in [-0.1, -0.05) is 33.6 Å². The van der Waals surface area contributed by atoms with Gasteiger partial charge in [0.1, 0.15) is 0 Å². The average Bonchev–Trinajstić information content (AvgIpc) is 2.64. The van der Waals surface area contributed by atoms with Crippen molar-refractivity contribution in [1.82, 2.24) is 10.2 Å². The zero-order valence-corrected chi connectivity index (χ0v) is 11.3. The standard InChI is InChI=1S/C13H26N2O2/c1-4-10(5-2)12(16)9-15-8-7-11(13(15)17)14-6-3/h10-12,14,16H,4-9H2,1-3H3. The van der Waals surface area contributed by atoms with Crippen LogP contribution >= 0.6 is 0 Å². The van der Waals surface area contributed by atoms with Crippen LogP contribution in [0, 0.1) is 5.92 Å².